The first-order valence-corrected chi connectivity index (χ1v) is 9.11. The molecule has 0 atom stereocenters. The number of carbonyl (C=O) groups excluding carboxylic acids is 3. The number of imide groups is 1. The largest absolute Gasteiger partial charge is 0.339 e. The second-order valence-corrected chi connectivity index (χ2v) is 6.96. The number of nitrogens with zero attached hydrogens (tertiary/aromatic N) is 2. The monoisotopic (exact) mass is 378 g/mol. The molecule has 0 aliphatic carbocycles. The van der Waals surface area contributed by atoms with Crippen LogP contribution in [0.3, 0.4) is 0 Å². The van der Waals surface area contributed by atoms with Gasteiger partial charge in [0.1, 0.15) is 5.01 Å². The van der Waals surface area contributed by atoms with Crippen LogP contribution in [0.5, 0.6) is 0 Å². The van der Waals surface area contributed by atoms with Gasteiger partial charge in [0.15, 0.2) is 0 Å². The Balaban J connectivity index is 1.44. The molecule has 3 aromatic rings. The van der Waals surface area contributed by atoms with Crippen LogP contribution in [-0.2, 0) is 16.1 Å². The summed E-state index contributed by atoms with van der Waals surface area (Å²) in [7, 11) is 0. The fourth-order valence-corrected chi connectivity index (χ4v) is 3.57. The predicted molar refractivity (Wildman–Crippen MR) is 99.0 cm³/mol. The Kier molecular flexibility index (Phi) is 4.29. The smallest absolute Gasteiger partial charge is 0.329 e. The van der Waals surface area contributed by atoms with Crippen molar-refractivity contribution in [2.45, 2.75) is 13.3 Å². The predicted octanol–water partition coefficient (Wildman–Crippen LogP) is 3.42. The van der Waals surface area contributed by atoms with E-state index in [-0.39, 0.29) is 17.5 Å². The van der Waals surface area contributed by atoms with Gasteiger partial charge < -0.3 is 4.84 Å². The average molecular weight is 378 g/mol. The summed E-state index contributed by atoms with van der Waals surface area (Å²) in [6.45, 7) is 2.01. The van der Waals surface area contributed by atoms with Gasteiger partial charge in [0.2, 0.25) is 0 Å². The first-order chi connectivity index (χ1) is 13.0. The first kappa shape index (κ1) is 17.1. The molecule has 0 N–H and O–H groups in total. The lowest BCUT2D eigenvalue weighted by molar-refractivity contribution is -0.167. The van der Waals surface area contributed by atoms with Crippen LogP contribution >= 0.6 is 11.3 Å². The van der Waals surface area contributed by atoms with Crippen molar-refractivity contribution in [2.75, 3.05) is 0 Å². The summed E-state index contributed by atoms with van der Waals surface area (Å²) in [5.41, 5.74) is 3.10. The summed E-state index contributed by atoms with van der Waals surface area (Å²) in [4.78, 5) is 46.1. The van der Waals surface area contributed by atoms with Crippen LogP contribution in [0.1, 0.15) is 32.0 Å². The Morgan fingerprint density at radius 3 is 2.30 bits per heavy atom. The normalized spacial score (nSPS) is 13.0. The zero-order valence-electron chi connectivity index (χ0n) is 14.3. The maximum Gasteiger partial charge on any atom is 0.339 e. The summed E-state index contributed by atoms with van der Waals surface area (Å²) in [6, 6.07) is 14.3. The third-order valence-electron chi connectivity index (χ3n) is 4.13. The van der Waals surface area contributed by atoms with Crippen molar-refractivity contribution in [1.29, 1.82) is 0 Å². The molecule has 4 rings (SSSR count). The third kappa shape index (κ3) is 3.24. The Morgan fingerprint density at radius 1 is 1.04 bits per heavy atom. The lowest BCUT2D eigenvalue weighted by atomic mass is 10.1. The van der Waals surface area contributed by atoms with Gasteiger partial charge in [-0.3, -0.25) is 9.59 Å². The maximum absolute atomic E-state index is 12.2. The molecule has 6 nitrogen and oxygen atoms in total. The molecule has 134 valence electrons. The molecule has 2 aromatic carbocycles. The minimum atomic E-state index is -0.717. The van der Waals surface area contributed by atoms with Gasteiger partial charge in [0.05, 0.1) is 23.2 Å². The summed E-state index contributed by atoms with van der Waals surface area (Å²) in [5, 5.41) is 3.07. The SMILES string of the molecule is Cc1ccc(-c2nc(CC(=O)ON3C(=O)c4ccccc4C3=O)cs2)cc1. The standard InChI is InChI=1S/C20H14N2O4S/c1-12-6-8-13(9-7-12)18-21-14(11-27-18)10-17(23)26-22-19(24)15-4-2-3-5-16(15)20(22)25/h2-9,11H,10H2,1H3. The molecule has 2 heterocycles. The zero-order valence-corrected chi connectivity index (χ0v) is 15.2. The molecule has 2 amide bonds. The van der Waals surface area contributed by atoms with E-state index in [0.29, 0.717) is 10.8 Å². The van der Waals surface area contributed by atoms with Gasteiger partial charge in [0.25, 0.3) is 11.8 Å². The number of carbonyl (C=O) groups is 3. The fourth-order valence-electron chi connectivity index (χ4n) is 2.75. The van der Waals surface area contributed by atoms with Crippen molar-refractivity contribution in [3.63, 3.8) is 0 Å². The van der Waals surface area contributed by atoms with Gasteiger partial charge in [-0.1, -0.05) is 47.0 Å². The van der Waals surface area contributed by atoms with Crippen LogP contribution in [0.4, 0.5) is 0 Å². The van der Waals surface area contributed by atoms with Gasteiger partial charge in [-0.05, 0) is 19.1 Å². The summed E-state index contributed by atoms with van der Waals surface area (Å²) >= 11 is 1.42. The van der Waals surface area contributed by atoms with Crippen molar-refractivity contribution in [1.82, 2.24) is 10.0 Å². The summed E-state index contributed by atoms with van der Waals surface area (Å²) in [5.74, 6) is -1.99. The van der Waals surface area contributed by atoms with E-state index in [9.17, 15) is 14.4 Å². The van der Waals surface area contributed by atoms with E-state index in [4.69, 9.17) is 4.84 Å². The van der Waals surface area contributed by atoms with Crippen LogP contribution in [-0.4, -0.2) is 27.8 Å². The number of aryl methyl sites for hydroxylation is 1. The van der Waals surface area contributed by atoms with Crippen molar-refractivity contribution >= 4 is 29.1 Å². The first-order valence-electron chi connectivity index (χ1n) is 8.23. The topological polar surface area (TPSA) is 76.6 Å². The van der Waals surface area contributed by atoms with Crippen molar-refractivity contribution < 1.29 is 19.2 Å². The summed E-state index contributed by atoms with van der Waals surface area (Å²) < 4.78 is 0. The molecular weight excluding hydrogens is 364 g/mol. The number of thiazole rings is 1. The third-order valence-corrected chi connectivity index (χ3v) is 5.07. The van der Waals surface area contributed by atoms with E-state index in [1.807, 2.05) is 31.2 Å². The molecule has 1 aliphatic heterocycles. The van der Waals surface area contributed by atoms with Gasteiger partial charge >= 0.3 is 5.97 Å². The summed E-state index contributed by atoms with van der Waals surface area (Å²) in [6.07, 6.45) is -0.129. The number of hydrogen-bond acceptors (Lipinski definition) is 6. The molecule has 0 unspecified atom stereocenters. The maximum atomic E-state index is 12.2. The fraction of sp³-hybridized carbons (Fsp3) is 0.100. The highest BCUT2D eigenvalue weighted by atomic mass is 32.1. The minimum absolute atomic E-state index is 0.129. The lowest BCUT2D eigenvalue weighted by Crippen LogP contribution is -2.33. The molecule has 1 aromatic heterocycles. The second-order valence-electron chi connectivity index (χ2n) is 6.10. The van der Waals surface area contributed by atoms with Gasteiger partial charge in [-0.2, -0.15) is 0 Å². The Bertz CT molecular complexity index is 1020. The zero-order chi connectivity index (χ0) is 19.0. The number of hydroxylamine groups is 2. The van der Waals surface area contributed by atoms with Gasteiger partial charge in [0, 0.05) is 10.9 Å². The van der Waals surface area contributed by atoms with Crippen molar-refractivity contribution in [3.8, 4) is 10.6 Å². The van der Waals surface area contributed by atoms with E-state index in [1.54, 1.807) is 17.5 Å². The number of fused-ring (bicyclic) bond motifs is 1. The molecule has 7 heteroatoms. The minimum Gasteiger partial charge on any atom is -0.329 e. The highest BCUT2D eigenvalue weighted by molar-refractivity contribution is 7.13. The van der Waals surface area contributed by atoms with Crippen molar-refractivity contribution in [3.05, 3.63) is 76.3 Å². The lowest BCUT2D eigenvalue weighted by Gasteiger charge is -2.12. The average Bonchev–Trinajstić information content (AvgIpc) is 3.22. The van der Waals surface area contributed by atoms with Crippen LogP contribution < -0.4 is 0 Å². The molecule has 0 spiro atoms. The van der Waals surface area contributed by atoms with Crippen LogP contribution in [0.15, 0.2) is 53.9 Å². The molecule has 1 aliphatic rings. The van der Waals surface area contributed by atoms with E-state index < -0.39 is 17.8 Å². The highest BCUT2D eigenvalue weighted by Gasteiger charge is 2.38. The van der Waals surface area contributed by atoms with Gasteiger partial charge in [-0.15, -0.1) is 11.3 Å². The van der Waals surface area contributed by atoms with E-state index in [0.717, 1.165) is 16.1 Å². The number of hydrogen-bond donors (Lipinski definition) is 0. The molecule has 0 saturated heterocycles. The van der Waals surface area contributed by atoms with E-state index >= 15 is 0 Å². The Labute approximate surface area is 159 Å². The molecule has 0 radical (unpaired) electrons. The molecule has 0 fully saturated rings. The van der Waals surface area contributed by atoms with Crippen LogP contribution in [0, 0.1) is 6.92 Å². The Morgan fingerprint density at radius 2 is 1.67 bits per heavy atom. The van der Waals surface area contributed by atoms with Crippen LogP contribution in [0.25, 0.3) is 10.6 Å². The van der Waals surface area contributed by atoms with Gasteiger partial charge in [-0.25, -0.2) is 9.78 Å². The van der Waals surface area contributed by atoms with Crippen molar-refractivity contribution in [2.24, 2.45) is 0 Å². The molecule has 0 bridgehead atoms. The highest BCUT2D eigenvalue weighted by Crippen LogP contribution is 2.25. The number of rotatable bonds is 4. The molecule has 0 saturated carbocycles. The molecular formula is C20H14N2O4S. The number of aromatic nitrogens is 1. The van der Waals surface area contributed by atoms with E-state index in [2.05, 4.69) is 4.98 Å². The number of benzene rings is 2. The number of amides is 2. The second kappa shape index (κ2) is 6.77. The van der Waals surface area contributed by atoms with Crippen LogP contribution in [0.2, 0.25) is 0 Å². The quantitative estimate of drug-likeness (QED) is 0.650. The van der Waals surface area contributed by atoms with E-state index in [1.165, 1.54) is 23.5 Å². The molecule has 27 heavy (non-hydrogen) atoms. The Hall–Kier alpha value is -3.32.